The van der Waals surface area contributed by atoms with Crippen LogP contribution in [0.2, 0.25) is 0 Å². The minimum atomic E-state index is -3.34. The molecule has 1 aromatic carbocycles. The van der Waals surface area contributed by atoms with Gasteiger partial charge in [0.2, 0.25) is 5.78 Å². The molecule has 0 radical (unpaired) electrons. The number of Topliss-reactive ketones (excluding diaryl/α,β-unsaturated/α-hetero) is 1. The average molecular weight is 183 g/mol. The van der Waals surface area contributed by atoms with Gasteiger partial charge in [-0.2, -0.15) is 8.78 Å². The highest BCUT2D eigenvalue weighted by Crippen LogP contribution is 2.39. The molecule has 0 atom stereocenters. The Morgan fingerprint density at radius 3 is 2.77 bits per heavy atom. The van der Waals surface area contributed by atoms with Crippen LogP contribution in [0.5, 0.6) is 0 Å². The van der Waals surface area contributed by atoms with Gasteiger partial charge in [0.25, 0.3) is 0 Å². The molecule has 0 spiro atoms. The van der Waals surface area contributed by atoms with Crippen molar-refractivity contribution in [2.45, 2.75) is 12.3 Å². The fraction of sp³-hybridized carbons (Fsp3) is 0.222. The molecule has 0 unspecified atom stereocenters. The number of fused-ring (bicyclic) bond motifs is 1. The van der Waals surface area contributed by atoms with Gasteiger partial charge in [0.1, 0.15) is 0 Å². The lowest BCUT2D eigenvalue weighted by Crippen LogP contribution is -2.19. The zero-order valence-electron chi connectivity index (χ0n) is 6.68. The summed E-state index contributed by atoms with van der Waals surface area (Å²) >= 11 is 0. The van der Waals surface area contributed by atoms with E-state index >= 15 is 0 Å². The summed E-state index contributed by atoms with van der Waals surface area (Å²) in [5.74, 6) is -4.39. The Labute approximate surface area is 73.4 Å². The highest BCUT2D eigenvalue weighted by molar-refractivity contribution is 5.93. The number of carbonyl (C=O) groups is 1. The molecule has 1 aliphatic rings. The summed E-state index contributed by atoms with van der Waals surface area (Å²) in [6.45, 7) is 0. The highest BCUT2D eigenvalue weighted by Gasteiger charge is 2.47. The summed E-state index contributed by atoms with van der Waals surface area (Å²) in [6, 6.07) is 4.16. The number of rotatable bonds is 0. The van der Waals surface area contributed by atoms with Gasteiger partial charge in [-0.3, -0.25) is 4.79 Å². The summed E-state index contributed by atoms with van der Waals surface area (Å²) in [5.41, 5.74) is 5.75. The molecular weight excluding hydrogens is 176 g/mol. The molecule has 2 nitrogen and oxygen atoms in total. The summed E-state index contributed by atoms with van der Waals surface area (Å²) in [6.07, 6.45) is -0.192. The Hall–Kier alpha value is -1.45. The van der Waals surface area contributed by atoms with Crippen molar-refractivity contribution in [3.63, 3.8) is 0 Å². The molecule has 0 aliphatic heterocycles. The van der Waals surface area contributed by atoms with Crippen molar-refractivity contribution in [2.24, 2.45) is 0 Å². The SMILES string of the molecule is Nc1ccc2c(c1)C(F)(F)C(=O)C2. The van der Waals surface area contributed by atoms with Gasteiger partial charge in [-0.15, -0.1) is 0 Å². The van der Waals surface area contributed by atoms with Crippen LogP contribution < -0.4 is 5.73 Å². The number of benzene rings is 1. The van der Waals surface area contributed by atoms with Crippen LogP contribution in [-0.4, -0.2) is 5.78 Å². The zero-order valence-corrected chi connectivity index (χ0v) is 6.68. The largest absolute Gasteiger partial charge is 0.399 e. The van der Waals surface area contributed by atoms with E-state index < -0.39 is 11.7 Å². The third-order valence-electron chi connectivity index (χ3n) is 2.17. The maximum absolute atomic E-state index is 13.1. The van der Waals surface area contributed by atoms with Crippen molar-refractivity contribution in [2.75, 3.05) is 5.73 Å². The first kappa shape index (κ1) is 8.16. The maximum Gasteiger partial charge on any atom is 0.331 e. The Kier molecular flexibility index (Phi) is 1.43. The Morgan fingerprint density at radius 1 is 1.38 bits per heavy atom. The van der Waals surface area contributed by atoms with E-state index in [4.69, 9.17) is 5.73 Å². The van der Waals surface area contributed by atoms with Crippen molar-refractivity contribution >= 4 is 11.5 Å². The first-order chi connectivity index (χ1) is 6.01. The topological polar surface area (TPSA) is 43.1 Å². The average Bonchev–Trinajstić information content (AvgIpc) is 2.27. The van der Waals surface area contributed by atoms with Gasteiger partial charge in [-0.1, -0.05) is 6.07 Å². The molecule has 0 saturated heterocycles. The molecule has 0 aromatic heterocycles. The fourth-order valence-corrected chi connectivity index (χ4v) is 1.47. The molecule has 1 aromatic rings. The van der Waals surface area contributed by atoms with Gasteiger partial charge in [-0.05, 0) is 17.7 Å². The van der Waals surface area contributed by atoms with Crippen molar-refractivity contribution in [3.8, 4) is 0 Å². The summed E-state index contributed by atoms with van der Waals surface area (Å²) in [5, 5.41) is 0. The molecule has 1 aliphatic carbocycles. The van der Waals surface area contributed by atoms with Gasteiger partial charge >= 0.3 is 5.92 Å². The van der Waals surface area contributed by atoms with Gasteiger partial charge in [0.15, 0.2) is 0 Å². The lowest BCUT2D eigenvalue weighted by atomic mass is 10.1. The van der Waals surface area contributed by atoms with Crippen LogP contribution in [-0.2, 0) is 17.1 Å². The van der Waals surface area contributed by atoms with Crippen molar-refractivity contribution in [3.05, 3.63) is 29.3 Å². The molecule has 0 bridgehead atoms. The number of anilines is 1. The predicted molar refractivity (Wildman–Crippen MR) is 43.5 cm³/mol. The smallest absolute Gasteiger partial charge is 0.331 e. The second-order valence-corrected chi connectivity index (χ2v) is 3.09. The van der Waals surface area contributed by atoms with E-state index in [9.17, 15) is 13.6 Å². The minimum Gasteiger partial charge on any atom is -0.399 e. The molecular formula is C9H7F2NO. The third-order valence-corrected chi connectivity index (χ3v) is 2.17. The molecule has 0 heterocycles. The van der Waals surface area contributed by atoms with Gasteiger partial charge in [0.05, 0.1) is 0 Å². The van der Waals surface area contributed by atoms with E-state index in [1.165, 1.54) is 18.2 Å². The predicted octanol–water partition coefficient (Wildman–Crippen LogP) is 1.49. The zero-order chi connectivity index (χ0) is 9.64. The van der Waals surface area contributed by atoms with E-state index in [-0.39, 0.29) is 17.7 Å². The normalized spacial score (nSPS) is 18.8. The highest BCUT2D eigenvalue weighted by atomic mass is 19.3. The van der Waals surface area contributed by atoms with E-state index in [1.54, 1.807) is 0 Å². The third kappa shape index (κ3) is 1.02. The first-order valence-electron chi connectivity index (χ1n) is 3.82. The number of nitrogens with two attached hydrogens (primary N) is 1. The number of hydrogen-bond acceptors (Lipinski definition) is 2. The van der Waals surface area contributed by atoms with Gasteiger partial charge in [0, 0.05) is 17.7 Å². The van der Waals surface area contributed by atoms with Crippen molar-refractivity contribution in [1.82, 2.24) is 0 Å². The monoisotopic (exact) mass is 183 g/mol. The van der Waals surface area contributed by atoms with Crippen LogP contribution in [0.3, 0.4) is 0 Å². The van der Waals surface area contributed by atoms with Crippen LogP contribution in [0.4, 0.5) is 14.5 Å². The molecule has 2 N–H and O–H groups in total. The Balaban J connectivity index is 2.64. The van der Waals surface area contributed by atoms with E-state index in [1.807, 2.05) is 0 Å². The fourth-order valence-electron chi connectivity index (χ4n) is 1.47. The molecule has 0 amide bonds. The lowest BCUT2D eigenvalue weighted by Gasteiger charge is -2.08. The molecule has 0 saturated carbocycles. The van der Waals surface area contributed by atoms with Crippen LogP contribution in [0.1, 0.15) is 11.1 Å². The molecule has 13 heavy (non-hydrogen) atoms. The number of alkyl halides is 2. The number of carbonyl (C=O) groups excluding carboxylic acids is 1. The van der Waals surface area contributed by atoms with Crippen LogP contribution in [0, 0.1) is 0 Å². The molecule has 4 heteroatoms. The molecule has 2 rings (SSSR count). The second kappa shape index (κ2) is 2.28. The first-order valence-corrected chi connectivity index (χ1v) is 3.82. The standard InChI is InChI=1S/C9H7F2NO/c10-9(11)7-4-6(12)2-1-5(7)3-8(9)13/h1-2,4H,3,12H2. The molecule has 68 valence electrons. The quantitative estimate of drug-likeness (QED) is 0.619. The number of nitrogen functional groups attached to an aromatic ring is 1. The van der Waals surface area contributed by atoms with Gasteiger partial charge < -0.3 is 5.73 Å². The number of hydrogen-bond donors (Lipinski definition) is 1. The summed E-state index contributed by atoms with van der Waals surface area (Å²) in [4.78, 5) is 10.9. The van der Waals surface area contributed by atoms with Crippen LogP contribution in [0.15, 0.2) is 18.2 Å². The Bertz CT molecular complexity index is 387. The van der Waals surface area contributed by atoms with E-state index in [2.05, 4.69) is 0 Å². The van der Waals surface area contributed by atoms with E-state index in [0.717, 1.165) is 0 Å². The van der Waals surface area contributed by atoms with Crippen LogP contribution in [0.25, 0.3) is 0 Å². The van der Waals surface area contributed by atoms with Crippen LogP contribution >= 0.6 is 0 Å². The second-order valence-electron chi connectivity index (χ2n) is 3.09. The molecule has 0 fully saturated rings. The summed E-state index contributed by atoms with van der Waals surface area (Å²) in [7, 11) is 0. The number of ketones is 1. The van der Waals surface area contributed by atoms with Crippen molar-refractivity contribution < 1.29 is 13.6 Å². The Morgan fingerprint density at radius 2 is 2.08 bits per heavy atom. The maximum atomic E-state index is 13.1. The van der Waals surface area contributed by atoms with Gasteiger partial charge in [-0.25, -0.2) is 0 Å². The van der Waals surface area contributed by atoms with Crippen molar-refractivity contribution in [1.29, 1.82) is 0 Å². The minimum absolute atomic E-state index is 0.192. The van der Waals surface area contributed by atoms with E-state index in [0.29, 0.717) is 5.56 Å². The summed E-state index contributed by atoms with van der Waals surface area (Å²) < 4.78 is 26.2. The number of halogens is 2. The lowest BCUT2D eigenvalue weighted by molar-refractivity contribution is -0.141.